The first-order valence-corrected chi connectivity index (χ1v) is 9.04. The van der Waals surface area contributed by atoms with Crippen LogP contribution in [-0.4, -0.2) is 11.8 Å². The molecule has 5 nitrogen and oxygen atoms in total. The number of nitrogens with one attached hydrogen (secondary N) is 1. The number of nitrogens with zero attached hydrogens (tertiary/aromatic N) is 1. The predicted octanol–water partition coefficient (Wildman–Crippen LogP) is 4.85. The monoisotopic (exact) mass is 382 g/mol. The highest BCUT2D eigenvalue weighted by atomic mass is 35.5. The van der Waals surface area contributed by atoms with E-state index in [9.17, 15) is 0 Å². The molecule has 2 heterocycles. The van der Waals surface area contributed by atoms with Crippen LogP contribution >= 0.6 is 11.6 Å². The summed E-state index contributed by atoms with van der Waals surface area (Å²) >= 11 is 6.33. The van der Waals surface area contributed by atoms with Crippen molar-refractivity contribution < 1.29 is 14.2 Å². The van der Waals surface area contributed by atoms with Gasteiger partial charge in [-0.25, -0.2) is 4.98 Å². The Hall–Kier alpha value is -2.76. The molecule has 6 heteroatoms. The average Bonchev–Trinajstić information content (AvgIpc) is 3.12. The number of aromatic nitrogens is 1. The van der Waals surface area contributed by atoms with Gasteiger partial charge in [0.15, 0.2) is 11.5 Å². The third-order valence-electron chi connectivity index (χ3n) is 4.32. The molecule has 0 atom stereocenters. The van der Waals surface area contributed by atoms with Crippen molar-refractivity contribution in [1.82, 2.24) is 10.3 Å². The first-order valence-electron chi connectivity index (χ1n) is 8.67. The zero-order chi connectivity index (χ0) is 18.6. The highest BCUT2D eigenvalue weighted by Crippen LogP contribution is 2.36. The molecular formula is C21H19ClN2O3. The van der Waals surface area contributed by atoms with Crippen LogP contribution in [0.25, 0.3) is 0 Å². The number of ether oxygens (including phenoxy) is 3. The normalized spacial score (nSPS) is 12.2. The van der Waals surface area contributed by atoms with Gasteiger partial charge in [-0.15, -0.1) is 0 Å². The summed E-state index contributed by atoms with van der Waals surface area (Å²) in [6.45, 7) is 3.43. The molecule has 0 fully saturated rings. The Bertz CT molecular complexity index is 962. The summed E-state index contributed by atoms with van der Waals surface area (Å²) in [7, 11) is 0. The third kappa shape index (κ3) is 3.99. The van der Waals surface area contributed by atoms with Gasteiger partial charge in [-0.3, -0.25) is 0 Å². The fourth-order valence-electron chi connectivity index (χ4n) is 2.85. The Morgan fingerprint density at radius 2 is 1.81 bits per heavy atom. The Kier molecular flexibility index (Phi) is 5.14. The number of para-hydroxylation sites is 1. The van der Waals surface area contributed by atoms with Gasteiger partial charge < -0.3 is 19.5 Å². The molecule has 0 spiro atoms. The van der Waals surface area contributed by atoms with Crippen molar-refractivity contribution in [2.75, 3.05) is 6.79 Å². The van der Waals surface area contributed by atoms with Gasteiger partial charge in [0.25, 0.3) is 0 Å². The second kappa shape index (κ2) is 7.86. The maximum absolute atomic E-state index is 6.33. The number of hydrogen-bond acceptors (Lipinski definition) is 5. The number of pyridine rings is 1. The van der Waals surface area contributed by atoms with E-state index >= 15 is 0 Å². The van der Waals surface area contributed by atoms with E-state index in [1.165, 1.54) is 0 Å². The quantitative estimate of drug-likeness (QED) is 0.660. The molecule has 138 valence electrons. The number of halogens is 1. The van der Waals surface area contributed by atoms with Crippen LogP contribution in [0.2, 0.25) is 5.02 Å². The van der Waals surface area contributed by atoms with Crippen LogP contribution in [0.5, 0.6) is 23.1 Å². The number of fused-ring (bicyclic) bond motifs is 1. The molecule has 3 aromatic rings. The molecule has 4 rings (SSSR count). The van der Waals surface area contributed by atoms with Gasteiger partial charge in [0.05, 0.1) is 0 Å². The molecule has 0 radical (unpaired) electrons. The van der Waals surface area contributed by atoms with E-state index in [-0.39, 0.29) is 6.79 Å². The van der Waals surface area contributed by atoms with Gasteiger partial charge in [-0.1, -0.05) is 35.9 Å². The maximum atomic E-state index is 6.33. The highest BCUT2D eigenvalue weighted by molar-refractivity contribution is 6.31. The smallest absolute Gasteiger partial charge is 0.231 e. The van der Waals surface area contributed by atoms with Crippen LogP contribution in [0.1, 0.15) is 16.7 Å². The zero-order valence-corrected chi connectivity index (χ0v) is 15.6. The van der Waals surface area contributed by atoms with E-state index in [0.717, 1.165) is 28.2 Å². The summed E-state index contributed by atoms with van der Waals surface area (Å²) < 4.78 is 16.8. The van der Waals surface area contributed by atoms with Crippen molar-refractivity contribution in [3.8, 4) is 23.1 Å². The second-order valence-electron chi connectivity index (χ2n) is 6.24. The Balaban J connectivity index is 1.44. The summed E-state index contributed by atoms with van der Waals surface area (Å²) in [5.41, 5.74) is 2.98. The number of rotatable bonds is 6. The molecule has 27 heavy (non-hydrogen) atoms. The number of hydrogen-bond donors (Lipinski definition) is 1. The van der Waals surface area contributed by atoms with Crippen molar-refractivity contribution in [2.24, 2.45) is 0 Å². The predicted molar refractivity (Wildman–Crippen MR) is 104 cm³/mol. The van der Waals surface area contributed by atoms with E-state index in [4.69, 9.17) is 25.8 Å². The molecule has 1 N–H and O–H groups in total. The standard InChI is InChI=1S/C21H19ClN2O3/c1-14-5-2-3-7-18(14)27-21-15(6-4-8-24-21)11-23-12-16-9-19-20(10-17(16)22)26-13-25-19/h2-10,23H,11-13H2,1H3. The Morgan fingerprint density at radius 3 is 2.67 bits per heavy atom. The molecule has 0 amide bonds. The topological polar surface area (TPSA) is 52.6 Å². The third-order valence-corrected chi connectivity index (χ3v) is 4.67. The van der Waals surface area contributed by atoms with Crippen molar-refractivity contribution >= 4 is 11.6 Å². The van der Waals surface area contributed by atoms with Crippen LogP contribution in [0.15, 0.2) is 54.7 Å². The van der Waals surface area contributed by atoms with E-state index in [1.54, 1.807) is 12.3 Å². The van der Waals surface area contributed by atoms with Gasteiger partial charge in [-0.05, 0) is 36.2 Å². The average molecular weight is 383 g/mol. The minimum Gasteiger partial charge on any atom is -0.454 e. The fourth-order valence-corrected chi connectivity index (χ4v) is 3.07. The maximum Gasteiger partial charge on any atom is 0.231 e. The molecule has 0 unspecified atom stereocenters. The lowest BCUT2D eigenvalue weighted by Gasteiger charge is -2.13. The Labute approximate surface area is 162 Å². The van der Waals surface area contributed by atoms with E-state index < -0.39 is 0 Å². The summed E-state index contributed by atoms with van der Waals surface area (Å²) in [5.74, 6) is 2.80. The van der Waals surface area contributed by atoms with Crippen LogP contribution in [0, 0.1) is 6.92 Å². The lowest BCUT2D eigenvalue weighted by atomic mass is 10.2. The Morgan fingerprint density at radius 1 is 1.04 bits per heavy atom. The number of benzene rings is 2. The first kappa shape index (κ1) is 17.6. The van der Waals surface area contributed by atoms with Crippen LogP contribution in [0.4, 0.5) is 0 Å². The summed E-state index contributed by atoms with van der Waals surface area (Å²) in [6, 6.07) is 15.5. The zero-order valence-electron chi connectivity index (χ0n) is 14.9. The summed E-state index contributed by atoms with van der Waals surface area (Å²) in [4.78, 5) is 4.38. The minimum atomic E-state index is 0.234. The van der Waals surface area contributed by atoms with Gasteiger partial charge >= 0.3 is 0 Å². The van der Waals surface area contributed by atoms with Crippen LogP contribution < -0.4 is 19.5 Å². The van der Waals surface area contributed by atoms with Gasteiger partial charge in [0.1, 0.15) is 5.75 Å². The van der Waals surface area contributed by atoms with Crippen molar-refractivity contribution in [2.45, 2.75) is 20.0 Å². The lowest BCUT2D eigenvalue weighted by molar-refractivity contribution is 0.174. The molecule has 1 aliphatic heterocycles. The molecule has 2 aromatic carbocycles. The van der Waals surface area contributed by atoms with E-state index in [1.807, 2.05) is 49.4 Å². The van der Waals surface area contributed by atoms with Crippen LogP contribution in [-0.2, 0) is 13.1 Å². The SMILES string of the molecule is Cc1ccccc1Oc1ncccc1CNCc1cc2c(cc1Cl)OCO2. The largest absolute Gasteiger partial charge is 0.454 e. The second-order valence-corrected chi connectivity index (χ2v) is 6.64. The highest BCUT2D eigenvalue weighted by Gasteiger charge is 2.16. The molecule has 0 saturated heterocycles. The minimum absolute atomic E-state index is 0.234. The molecular weight excluding hydrogens is 364 g/mol. The fraction of sp³-hybridized carbons (Fsp3) is 0.190. The van der Waals surface area contributed by atoms with E-state index in [2.05, 4.69) is 10.3 Å². The van der Waals surface area contributed by atoms with Crippen LogP contribution in [0.3, 0.4) is 0 Å². The van der Waals surface area contributed by atoms with Crippen molar-refractivity contribution in [3.63, 3.8) is 0 Å². The first-order chi connectivity index (χ1) is 13.2. The molecule has 1 aromatic heterocycles. The van der Waals surface area contributed by atoms with Gasteiger partial charge in [0.2, 0.25) is 12.7 Å². The van der Waals surface area contributed by atoms with Gasteiger partial charge in [-0.2, -0.15) is 0 Å². The van der Waals surface area contributed by atoms with E-state index in [0.29, 0.717) is 29.7 Å². The van der Waals surface area contributed by atoms with Crippen molar-refractivity contribution in [3.05, 3.63) is 76.4 Å². The number of aryl methyl sites for hydroxylation is 1. The summed E-state index contributed by atoms with van der Waals surface area (Å²) in [6.07, 6.45) is 1.73. The molecule has 1 aliphatic rings. The molecule has 0 bridgehead atoms. The summed E-state index contributed by atoms with van der Waals surface area (Å²) in [5, 5.41) is 4.04. The molecule has 0 saturated carbocycles. The van der Waals surface area contributed by atoms with Gasteiger partial charge in [0, 0.05) is 35.9 Å². The van der Waals surface area contributed by atoms with Crippen molar-refractivity contribution in [1.29, 1.82) is 0 Å². The lowest BCUT2D eigenvalue weighted by Crippen LogP contribution is -2.14. The molecule has 0 aliphatic carbocycles.